The highest BCUT2D eigenvalue weighted by molar-refractivity contribution is 6.08. The maximum absolute atomic E-state index is 13.8. The van der Waals surface area contributed by atoms with Gasteiger partial charge in [0.2, 0.25) is 0 Å². The first kappa shape index (κ1) is 23.7. The number of hydrogen-bond donors (Lipinski definition) is 0. The lowest BCUT2D eigenvalue weighted by molar-refractivity contribution is -0.119. The molecule has 0 amide bonds. The molecule has 0 radical (unpaired) electrons. The summed E-state index contributed by atoms with van der Waals surface area (Å²) in [7, 11) is 0. The predicted molar refractivity (Wildman–Crippen MR) is 141 cm³/mol. The van der Waals surface area contributed by atoms with Crippen LogP contribution in [0.4, 0.5) is 0 Å². The quantitative estimate of drug-likeness (QED) is 0.375. The average molecular weight is 441 g/mol. The van der Waals surface area contributed by atoms with E-state index in [4.69, 9.17) is 0 Å². The second-order valence-corrected chi connectivity index (χ2v) is 10.4. The van der Waals surface area contributed by atoms with Crippen LogP contribution in [0.15, 0.2) is 59.2 Å². The first-order chi connectivity index (χ1) is 15.9. The Kier molecular flexibility index (Phi) is 7.37. The van der Waals surface area contributed by atoms with Crippen LogP contribution in [0, 0.1) is 26.7 Å². The van der Waals surface area contributed by atoms with Crippen molar-refractivity contribution in [3.8, 4) is 0 Å². The van der Waals surface area contributed by atoms with Crippen LogP contribution in [-0.4, -0.2) is 5.78 Å². The van der Waals surface area contributed by atoms with Crippen LogP contribution in [0.5, 0.6) is 0 Å². The second kappa shape index (κ2) is 10.2. The lowest BCUT2D eigenvalue weighted by atomic mass is 9.75. The lowest BCUT2D eigenvalue weighted by Gasteiger charge is -2.28. The maximum atomic E-state index is 13.8. The van der Waals surface area contributed by atoms with E-state index in [2.05, 4.69) is 77.1 Å². The van der Waals surface area contributed by atoms with E-state index in [1.54, 1.807) is 0 Å². The molecule has 2 aromatic carbocycles. The Hall–Kier alpha value is -2.41. The molecule has 0 heterocycles. The Morgan fingerprint density at radius 3 is 2.24 bits per heavy atom. The van der Waals surface area contributed by atoms with E-state index in [0.29, 0.717) is 5.78 Å². The van der Waals surface area contributed by atoms with Gasteiger partial charge >= 0.3 is 0 Å². The normalized spacial score (nSPS) is 20.6. The minimum Gasteiger partial charge on any atom is -0.294 e. The molecule has 0 fully saturated rings. The van der Waals surface area contributed by atoms with Crippen LogP contribution in [0.1, 0.15) is 98.9 Å². The molecule has 174 valence electrons. The van der Waals surface area contributed by atoms with Crippen LogP contribution < -0.4 is 0 Å². The molecule has 2 unspecified atom stereocenters. The van der Waals surface area contributed by atoms with Crippen molar-refractivity contribution in [2.45, 2.75) is 91.9 Å². The highest BCUT2D eigenvalue weighted by Gasteiger charge is 2.41. The minimum absolute atomic E-state index is 0.206. The van der Waals surface area contributed by atoms with E-state index < -0.39 is 0 Å². The van der Waals surface area contributed by atoms with Crippen molar-refractivity contribution >= 4 is 11.4 Å². The SMILES string of the molecule is CCCCCCCC1CCC2=C(C1=O)C(C)=C(c1ccc(C)cc1)C2c1ccc(C)cc1C. The molecule has 2 aromatic rings. The number of aryl methyl sites for hydroxylation is 3. The standard InChI is InChI=1S/C32H40O/c1-6-7-8-9-10-11-26-17-19-28-30(32(26)33)24(5)29(25-15-12-21(2)13-16-25)31(28)27-18-14-22(3)20-23(27)4/h12-16,18,20,26,31H,6-11,17,19H2,1-5H3. The number of Topliss-reactive ketones (excluding diaryl/α,β-unsaturated/α-hetero) is 1. The molecule has 1 nitrogen and oxygen atoms in total. The molecule has 0 bridgehead atoms. The summed E-state index contributed by atoms with van der Waals surface area (Å²) in [6, 6.07) is 15.7. The van der Waals surface area contributed by atoms with Crippen molar-refractivity contribution in [1.29, 1.82) is 0 Å². The molecule has 2 atom stereocenters. The summed E-state index contributed by atoms with van der Waals surface area (Å²) in [5, 5.41) is 0. The molecule has 1 heteroatoms. The summed E-state index contributed by atoms with van der Waals surface area (Å²) >= 11 is 0. The van der Waals surface area contributed by atoms with Crippen molar-refractivity contribution in [2.75, 3.05) is 0 Å². The van der Waals surface area contributed by atoms with Crippen LogP contribution >= 0.6 is 0 Å². The molecule has 0 spiro atoms. The molecule has 0 saturated heterocycles. The first-order valence-electron chi connectivity index (χ1n) is 13.0. The fourth-order valence-electron chi connectivity index (χ4n) is 6.07. The number of hydrogen-bond acceptors (Lipinski definition) is 1. The Morgan fingerprint density at radius 1 is 0.848 bits per heavy atom. The fourth-order valence-corrected chi connectivity index (χ4v) is 6.07. The van der Waals surface area contributed by atoms with Gasteiger partial charge in [0.05, 0.1) is 0 Å². The zero-order chi connectivity index (χ0) is 23.5. The summed E-state index contributed by atoms with van der Waals surface area (Å²) in [5.41, 5.74) is 11.6. The third-order valence-corrected chi connectivity index (χ3v) is 7.87. The number of rotatable bonds is 8. The molecule has 0 aliphatic heterocycles. The van der Waals surface area contributed by atoms with Gasteiger partial charge in [0, 0.05) is 17.4 Å². The Labute approximate surface area is 201 Å². The Morgan fingerprint density at radius 2 is 1.55 bits per heavy atom. The van der Waals surface area contributed by atoms with E-state index in [9.17, 15) is 4.79 Å². The van der Waals surface area contributed by atoms with Crippen LogP contribution in [0.2, 0.25) is 0 Å². The zero-order valence-electron chi connectivity index (χ0n) is 21.3. The molecule has 2 aliphatic rings. The van der Waals surface area contributed by atoms with Crippen LogP contribution in [-0.2, 0) is 4.79 Å². The molecule has 4 rings (SSSR count). The van der Waals surface area contributed by atoms with Crippen molar-refractivity contribution in [3.05, 3.63) is 87.0 Å². The van der Waals surface area contributed by atoms with Crippen molar-refractivity contribution in [2.24, 2.45) is 5.92 Å². The second-order valence-electron chi connectivity index (χ2n) is 10.4. The molecular formula is C32H40O. The monoisotopic (exact) mass is 440 g/mol. The van der Waals surface area contributed by atoms with Crippen molar-refractivity contribution in [1.82, 2.24) is 0 Å². The molecule has 0 aromatic heterocycles. The van der Waals surface area contributed by atoms with Gasteiger partial charge in [-0.3, -0.25) is 4.79 Å². The first-order valence-corrected chi connectivity index (χ1v) is 13.0. The van der Waals surface area contributed by atoms with E-state index in [1.165, 1.54) is 76.6 Å². The molecule has 0 saturated carbocycles. The molecule has 2 aliphatic carbocycles. The van der Waals surface area contributed by atoms with Gasteiger partial charge in [-0.1, -0.05) is 92.6 Å². The summed E-state index contributed by atoms with van der Waals surface area (Å²) < 4.78 is 0. The zero-order valence-corrected chi connectivity index (χ0v) is 21.3. The van der Waals surface area contributed by atoms with E-state index in [-0.39, 0.29) is 11.8 Å². The number of benzene rings is 2. The molecular weight excluding hydrogens is 400 g/mol. The minimum atomic E-state index is 0.206. The topological polar surface area (TPSA) is 17.1 Å². The van der Waals surface area contributed by atoms with Crippen molar-refractivity contribution in [3.63, 3.8) is 0 Å². The van der Waals surface area contributed by atoms with E-state index in [0.717, 1.165) is 24.8 Å². The van der Waals surface area contributed by atoms with Gasteiger partial charge in [-0.25, -0.2) is 0 Å². The smallest absolute Gasteiger partial charge is 0.166 e. The largest absolute Gasteiger partial charge is 0.294 e. The van der Waals surface area contributed by atoms with Crippen molar-refractivity contribution < 1.29 is 4.79 Å². The highest BCUT2D eigenvalue weighted by atomic mass is 16.1. The van der Waals surface area contributed by atoms with Crippen LogP contribution in [0.3, 0.4) is 0 Å². The Balaban J connectivity index is 1.71. The molecule has 0 N–H and O–H groups in total. The summed E-state index contributed by atoms with van der Waals surface area (Å²) in [5.74, 6) is 0.830. The maximum Gasteiger partial charge on any atom is 0.166 e. The third kappa shape index (κ3) is 4.79. The van der Waals surface area contributed by atoms with Gasteiger partial charge in [-0.2, -0.15) is 0 Å². The average Bonchev–Trinajstić information content (AvgIpc) is 3.08. The summed E-state index contributed by atoms with van der Waals surface area (Å²) in [6.07, 6.45) is 9.45. The van der Waals surface area contributed by atoms with Gasteiger partial charge in [0.15, 0.2) is 5.78 Å². The van der Waals surface area contributed by atoms with E-state index in [1.807, 2.05) is 0 Å². The van der Waals surface area contributed by atoms with Gasteiger partial charge in [-0.15, -0.1) is 0 Å². The lowest BCUT2D eigenvalue weighted by Crippen LogP contribution is -2.23. The fraction of sp³-hybridized carbons (Fsp3) is 0.469. The Bertz CT molecular complexity index is 1080. The number of unbranched alkanes of at least 4 members (excludes halogenated alkanes) is 4. The van der Waals surface area contributed by atoms with E-state index >= 15 is 0 Å². The number of carbonyl (C=O) groups is 1. The summed E-state index contributed by atoms with van der Waals surface area (Å²) in [6.45, 7) is 11.0. The summed E-state index contributed by atoms with van der Waals surface area (Å²) in [4.78, 5) is 13.8. The highest BCUT2D eigenvalue weighted by Crippen LogP contribution is 2.54. The van der Waals surface area contributed by atoms with Gasteiger partial charge in [0.1, 0.15) is 0 Å². The molecule has 33 heavy (non-hydrogen) atoms. The van der Waals surface area contributed by atoms with Crippen LogP contribution in [0.25, 0.3) is 5.57 Å². The predicted octanol–water partition coefficient (Wildman–Crippen LogP) is 8.82. The number of carbonyl (C=O) groups excluding carboxylic acids is 1. The number of ketones is 1. The third-order valence-electron chi connectivity index (χ3n) is 7.87. The van der Waals surface area contributed by atoms with Gasteiger partial charge in [0.25, 0.3) is 0 Å². The van der Waals surface area contributed by atoms with Gasteiger partial charge < -0.3 is 0 Å². The number of allylic oxidation sites excluding steroid dienone is 4. The van der Waals surface area contributed by atoms with Gasteiger partial charge in [-0.05, 0) is 80.4 Å².